The first-order chi connectivity index (χ1) is 12.0. The number of fused-ring (bicyclic) bond motifs is 1. The van der Waals surface area contributed by atoms with Gasteiger partial charge in [0.25, 0.3) is 0 Å². The van der Waals surface area contributed by atoms with Gasteiger partial charge < -0.3 is 0 Å². The smallest absolute Gasteiger partial charge is 0.278 e. The Labute approximate surface area is 141 Å². The Morgan fingerprint density at radius 1 is 0.880 bits per heavy atom. The first-order valence-electron chi connectivity index (χ1n) is 7.58. The Bertz CT molecular complexity index is 1030. The molecule has 6 heteroatoms. The lowest BCUT2D eigenvalue weighted by molar-refractivity contribution is -0.137. The number of aromatic amines is 1. The SMILES string of the molecule is FC(F)(F)c1ccc(-c2ncccc2-c2ccc3[nH]ncc3c2)cc1. The van der Waals surface area contributed by atoms with Gasteiger partial charge in [0, 0.05) is 22.7 Å². The molecule has 0 unspecified atom stereocenters. The van der Waals surface area contributed by atoms with Crippen LogP contribution in [0.1, 0.15) is 5.56 Å². The van der Waals surface area contributed by atoms with Crippen LogP contribution in [0.15, 0.2) is 67.0 Å². The van der Waals surface area contributed by atoms with Crippen LogP contribution in [0.4, 0.5) is 13.2 Å². The lowest BCUT2D eigenvalue weighted by Crippen LogP contribution is -2.04. The zero-order valence-electron chi connectivity index (χ0n) is 12.9. The minimum Gasteiger partial charge on any atom is -0.278 e. The first kappa shape index (κ1) is 15.4. The van der Waals surface area contributed by atoms with Crippen molar-refractivity contribution in [3.05, 3.63) is 72.6 Å². The highest BCUT2D eigenvalue weighted by Crippen LogP contribution is 2.34. The molecule has 0 aliphatic carbocycles. The van der Waals surface area contributed by atoms with Crippen LogP contribution in [-0.4, -0.2) is 15.2 Å². The second-order valence-corrected chi connectivity index (χ2v) is 5.65. The fourth-order valence-electron chi connectivity index (χ4n) is 2.80. The van der Waals surface area contributed by atoms with Crippen LogP contribution in [0.3, 0.4) is 0 Å². The molecule has 0 spiro atoms. The van der Waals surface area contributed by atoms with E-state index >= 15 is 0 Å². The van der Waals surface area contributed by atoms with Crippen LogP contribution in [0.5, 0.6) is 0 Å². The van der Waals surface area contributed by atoms with E-state index in [1.165, 1.54) is 12.1 Å². The van der Waals surface area contributed by atoms with Crippen molar-refractivity contribution in [2.24, 2.45) is 0 Å². The third kappa shape index (κ3) is 2.87. The molecule has 0 atom stereocenters. The zero-order valence-corrected chi connectivity index (χ0v) is 12.9. The van der Waals surface area contributed by atoms with Gasteiger partial charge in [-0.1, -0.05) is 24.3 Å². The molecule has 1 N–H and O–H groups in total. The zero-order chi connectivity index (χ0) is 17.4. The molecule has 2 aromatic carbocycles. The Hall–Kier alpha value is -3.15. The number of alkyl halides is 3. The van der Waals surface area contributed by atoms with Crippen molar-refractivity contribution in [2.75, 3.05) is 0 Å². The average Bonchev–Trinajstić information content (AvgIpc) is 3.09. The molecule has 25 heavy (non-hydrogen) atoms. The van der Waals surface area contributed by atoms with E-state index in [0.717, 1.165) is 34.2 Å². The van der Waals surface area contributed by atoms with Crippen molar-refractivity contribution < 1.29 is 13.2 Å². The maximum atomic E-state index is 12.8. The molecule has 0 aliphatic heterocycles. The number of nitrogens with zero attached hydrogens (tertiary/aromatic N) is 2. The summed E-state index contributed by atoms with van der Waals surface area (Å²) in [5, 5.41) is 7.85. The van der Waals surface area contributed by atoms with E-state index in [2.05, 4.69) is 15.2 Å². The predicted octanol–water partition coefficient (Wildman–Crippen LogP) is 5.31. The Balaban J connectivity index is 1.81. The average molecular weight is 339 g/mol. The number of aromatic nitrogens is 3. The van der Waals surface area contributed by atoms with Gasteiger partial charge in [-0.2, -0.15) is 18.3 Å². The molecular weight excluding hydrogens is 327 g/mol. The van der Waals surface area contributed by atoms with E-state index in [0.29, 0.717) is 11.3 Å². The summed E-state index contributed by atoms with van der Waals surface area (Å²) < 4.78 is 38.3. The number of nitrogens with one attached hydrogen (secondary N) is 1. The summed E-state index contributed by atoms with van der Waals surface area (Å²) in [6.07, 6.45) is -0.988. The molecule has 2 aromatic heterocycles. The monoisotopic (exact) mass is 339 g/mol. The van der Waals surface area contributed by atoms with E-state index < -0.39 is 11.7 Å². The lowest BCUT2D eigenvalue weighted by Gasteiger charge is -2.11. The number of hydrogen-bond donors (Lipinski definition) is 1. The standard InChI is InChI=1S/C19H12F3N3/c20-19(21,22)15-6-3-12(4-7-15)18-16(2-1-9-23-18)13-5-8-17-14(10-13)11-24-25-17/h1-11H,(H,24,25). The summed E-state index contributed by atoms with van der Waals surface area (Å²) in [6, 6.07) is 14.6. The summed E-state index contributed by atoms with van der Waals surface area (Å²) in [4.78, 5) is 4.38. The van der Waals surface area contributed by atoms with Crippen LogP contribution in [-0.2, 0) is 6.18 Å². The fourth-order valence-corrected chi connectivity index (χ4v) is 2.80. The van der Waals surface area contributed by atoms with Crippen molar-refractivity contribution >= 4 is 10.9 Å². The van der Waals surface area contributed by atoms with Crippen LogP contribution in [0.25, 0.3) is 33.3 Å². The number of rotatable bonds is 2. The topological polar surface area (TPSA) is 41.6 Å². The maximum absolute atomic E-state index is 12.8. The van der Waals surface area contributed by atoms with Gasteiger partial charge in [-0.15, -0.1) is 0 Å². The second-order valence-electron chi connectivity index (χ2n) is 5.65. The summed E-state index contributed by atoms with van der Waals surface area (Å²) >= 11 is 0. The number of hydrogen-bond acceptors (Lipinski definition) is 2. The van der Waals surface area contributed by atoms with Crippen LogP contribution in [0.2, 0.25) is 0 Å². The molecule has 4 aromatic rings. The van der Waals surface area contributed by atoms with Gasteiger partial charge in [0.15, 0.2) is 0 Å². The lowest BCUT2D eigenvalue weighted by atomic mass is 9.98. The molecule has 2 heterocycles. The van der Waals surface area contributed by atoms with Gasteiger partial charge in [0.2, 0.25) is 0 Å². The van der Waals surface area contributed by atoms with Gasteiger partial charge in [-0.3, -0.25) is 10.1 Å². The van der Waals surface area contributed by atoms with E-state index in [1.807, 2.05) is 30.3 Å². The molecule has 4 rings (SSSR count). The van der Waals surface area contributed by atoms with Crippen molar-refractivity contribution in [1.82, 2.24) is 15.2 Å². The Morgan fingerprint density at radius 2 is 1.64 bits per heavy atom. The predicted molar refractivity (Wildman–Crippen MR) is 89.8 cm³/mol. The third-order valence-electron chi connectivity index (χ3n) is 4.04. The summed E-state index contributed by atoms with van der Waals surface area (Å²) in [7, 11) is 0. The molecule has 3 nitrogen and oxygen atoms in total. The van der Waals surface area contributed by atoms with Crippen molar-refractivity contribution in [2.45, 2.75) is 6.18 Å². The highest BCUT2D eigenvalue weighted by Gasteiger charge is 2.30. The molecule has 0 saturated heterocycles. The second kappa shape index (κ2) is 5.73. The van der Waals surface area contributed by atoms with Gasteiger partial charge in [0.05, 0.1) is 23.0 Å². The number of pyridine rings is 1. The van der Waals surface area contributed by atoms with Crippen molar-refractivity contribution in [1.29, 1.82) is 0 Å². The van der Waals surface area contributed by atoms with Crippen LogP contribution in [0, 0.1) is 0 Å². The van der Waals surface area contributed by atoms with Crippen molar-refractivity contribution in [3.63, 3.8) is 0 Å². The van der Waals surface area contributed by atoms with Crippen molar-refractivity contribution in [3.8, 4) is 22.4 Å². The molecule has 0 bridgehead atoms. The number of H-pyrrole nitrogens is 1. The number of halogens is 3. The van der Waals surface area contributed by atoms with Gasteiger partial charge in [0.1, 0.15) is 0 Å². The minimum atomic E-state index is -4.35. The van der Waals surface area contributed by atoms with Gasteiger partial charge in [-0.05, 0) is 35.9 Å². The maximum Gasteiger partial charge on any atom is 0.416 e. The summed E-state index contributed by atoms with van der Waals surface area (Å²) in [5.74, 6) is 0. The Morgan fingerprint density at radius 3 is 2.40 bits per heavy atom. The van der Waals surface area contributed by atoms with Gasteiger partial charge in [-0.25, -0.2) is 0 Å². The normalized spacial score (nSPS) is 11.8. The van der Waals surface area contributed by atoms with E-state index in [-0.39, 0.29) is 0 Å². The summed E-state index contributed by atoms with van der Waals surface area (Å²) in [6.45, 7) is 0. The van der Waals surface area contributed by atoms with E-state index in [4.69, 9.17) is 0 Å². The summed E-state index contributed by atoms with van der Waals surface area (Å²) in [5.41, 5.74) is 3.30. The molecule has 0 saturated carbocycles. The quantitative estimate of drug-likeness (QED) is 0.538. The van der Waals surface area contributed by atoms with Crippen LogP contribution < -0.4 is 0 Å². The number of benzene rings is 2. The first-order valence-corrected chi connectivity index (χ1v) is 7.58. The third-order valence-corrected chi connectivity index (χ3v) is 4.04. The molecule has 0 amide bonds. The fraction of sp³-hybridized carbons (Fsp3) is 0.0526. The van der Waals surface area contributed by atoms with Gasteiger partial charge >= 0.3 is 6.18 Å². The largest absolute Gasteiger partial charge is 0.416 e. The highest BCUT2D eigenvalue weighted by atomic mass is 19.4. The van der Waals surface area contributed by atoms with E-state index in [1.54, 1.807) is 12.4 Å². The molecular formula is C19H12F3N3. The molecule has 0 radical (unpaired) electrons. The highest BCUT2D eigenvalue weighted by molar-refractivity contribution is 5.88. The minimum absolute atomic E-state index is 0.635. The Kier molecular flexibility index (Phi) is 3.53. The van der Waals surface area contributed by atoms with E-state index in [9.17, 15) is 13.2 Å². The molecule has 124 valence electrons. The molecule has 0 aliphatic rings. The van der Waals surface area contributed by atoms with Crippen LogP contribution >= 0.6 is 0 Å². The molecule has 0 fully saturated rings.